The summed E-state index contributed by atoms with van der Waals surface area (Å²) in [5, 5.41) is 13.1. The zero-order chi connectivity index (χ0) is 12.4. The third kappa shape index (κ3) is 2.36. The molecule has 92 valence electrons. The SMILES string of the molecule is CCCn1nc(C(=O)N2CC(O)C2)ccc1=O. The van der Waals surface area contributed by atoms with Crippen LogP contribution in [0.4, 0.5) is 0 Å². The molecule has 1 aliphatic rings. The van der Waals surface area contributed by atoms with Gasteiger partial charge in [-0.15, -0.1) is 0 Å². The van der Waals surface area contributed by atoms with Crippen LogP contribution in [0.2, 0.25) is 0 Å². The molecule has 2 rings (SSSR count). The van der Waals surface area contributed by atoms with Crippen molar-refractivity contribution in [2.24, 2.45) is 0 Å². The zero-order valence-electron chi connectivity index (χ0n) is 9.67. The van der Waals surface area contributed by atoms with E-state index in [1.807, 2.05) is 6.92 Å². The van der Waals surface area contributed by atoms with Gasteiger partial charge in [0, 0.05) is 25.7 Å². The first-order valence-corrected chi connectivity index (χ1v) is 5.67. The Kier molecular flexibility index (Phi) is 3.23. The second-order valence-corrected chi connectivity index (χ2v) is 4.14. The van der Waals surface area contributed by atoms with Crippen LogP contribution in [-0.4, -0.2) is 44.9 Å². The molecule has 1 amide bonds. The van der Waals surface area contributed by atoms with Gasteiger partial charge in [0.25, 0.3) is 11.5 Å². The van der Waals surface area contributed by atoms with Crippen molar-refractivity contribution in [2.75, 3.05) is 13.1 Å². The van der Waals surface area contributed by atoms with Crippen molar-refractivity contribution < 1.29 is 9.90 Å². The van der Waals surface area contributed by atoms with Gasteiger partial charge in [-0.25, -0.2) is 4.68 Å². The lowest BCUT2D eigenvalue weighted by Crippen LogP contribution is -2.53. The number of β-amino-alcohol motifs (C(OH)–C–C–N with tert-alkyl or cyclic N) is 1. The van der Waals surface area contributed by atoms with Crippen LogP contribution in [-0.2, 0) is 6.54 Å². The van der Waals surface area contributed by atoms with Crippen molar-refractivity contribution in [1.29, 1.82) is 0 Å². The van der Waals surface area contributed by atoms with Gasteiger partial charge in [-0.2, -0.15) is 5.10 Å². The largest absolute Gasteiger partial charge is 0.389 e. The quantitative estimate of drug-likeness (QED) is 0.766. The summed E-state index contributed by atoms with van der Waals surface area (Å²) >= 11 is 0. The summed E-state index contributed by atoms with van der Waals surface area (Å²) in [5.41, 5.74) is 0.0528. The third-order valence-electron chi connectivity index (χ3n) is 2.67. The van der Waals surface area contributed by atoms with E-state index in [0.717, 1.165) is 6.42 Å². The molecule has 1 N–H and O–H groups in total. The molecular formula is C11H15N3O3. The average Bonchev–Trinajstić information content (AvgIpc) is 2.27. The van der Waals surface area contributed by atoms with Crippen LogP contribution in [0, 0.1) is 0 Å². The Hall–Kier alpha value is -1.69. The second-order valence-electron chi connectivity index (χ2n) is 4.14. The standard InChI is InChI=1S/C11H15N3O3/c1-2-5-14-10(16)4-3-9(12-14)11(17)13-6-8(15)7-13/h3-4,8,15H,2,5-7H2,1H3. The smallest absolute Gasteiger partial charge is 0.274 e. The molecule has 0 aliphatic carbocycles. The molecule has 17 heavy (non-hydrogen) atoms. The van der Waals surface area contributed by atoms with Gasteiger partial charge in [0.05, 0.1) is 6.10 Å². The average molecular weight is 237 g/mol. The predicted molar refractivity (Wildman–Crippen MR) is 60.7 cm³/mol. The number of carbonyl (C=O) groups excluding carboxylic acids is 1. The number of amides is 1. The molecule has 2 heterocycles. The highest BCUT2D eigenvalue weighted by Gasteiger charge is 2.30. The number of aromatic nitrogens is 2. The van der Waals surface area contributed by atoms with Crippen LogP contribution in [0.3, 0.4) is 0 Å². The molecule has 1 fully saturated rings. The van der Waals surface area contributed by atoms with Crippen molar-refractivity contribution in [3.05, 3.63) is 28.2 Å². The van der Waals surface area contributed by atoms with Gasteiger partial charge in [-0.05, 0) is 12.5 Å². The lowest BCUT2D eigenvalue weighted by atomic mass is 10.1. The molecule has 0 aromatic carbocycles. The van der Waals surface area contributed by atoms with Crippen molar-refractivity contribution in [3.8, 4) is 0 Å². The normalized spacial score (nSPS) is 15.8. The summed E-state index contributed by atoms with van der Waals surface area (Å²) in [6.45, 7) is 3.12. The minimum atomic E-state index is -0.430. The lowest BCUT2D eigenvalue weighted by molar-refractivity contribution is 0.00533. The maximum absolute atomic E-state index is 11.9. The van der Waals surface area contributed by atoms with Crippen molar-refractivity contribution >= 4 is 5.91 Å². The van der Waals surface area contributed by atoms with E-state index in [1.165, 1.54) is 21.7 Å². The maximum Gasteiger partial charge on any atom is 0.274 e. The number of nitrogens with zero attached hydrogens (tertiary/aromatic N) is 3. The number of hydrogen-bond donors (Lipinski definition) is 1. The molecule has 1 aromatic rings. The van der Waals surface area contributed by atoms with Crippen LogP contribution < -0.4 is 5.56 Å². The van der Waals surface area contributed by atoms with Crippen LogP contribution in [0.25, 0.3) is 0 Å². The van der Waals surface area contributed by atoms with Gasteiger partial charge < -0.3 is 10.0 Å². The molecule has 1 saturated heterocycles. The Bertz CT molecular complexity index is 477. The molecule has 1 aromatic heterocycles. The van der Waals surface area contributed by atoms with Crippen molar-refractivity contribution in [2.45, 2.75) is 26.0 Å². The highest BCUT2D eigenvalue weighted by atomic mass is 16.3. The predicted octanol–water partition coefficient (Wildman–Crippen LogP) is -0.530. The van der Waals surface area contributed by atoms with E-state index in [0.29, 0.717) is 19.6 Å². The van der Waals surface area contributed by atoms with E-state index < -0.39 is 6.10 Å². The Morgan fingerprint density at radius 2 is 2.24 bits per heavy atom. The summed E-state index contributed by atoms with van der Waals surface area (Å²) in [6, 6.07) is 2.79. The van der Waals surface area contributed by atoms with Gasteiger partial charge in [0.2, 0.25) is 0 Å². The number of aliphatic hydroxyl groups excluding tert-OH is 1. The van der Waals surface area contributed by atoms with Gasteiger partial charge in [0.15, 0.2) is 0 Å². The molecular weight excluding hydrogens is 222 g/mol. The first-order valence-electron chi connectivity index (χ1n) is 5.67. The number of likely N-dealkylation sites (tertiary alicyclic amines) is 1. The Morgan fingerprint density at radius 1 is 1.53 bits per heavy atom. The third-order valence-corrected chi connectivity index (χ3v) is 2.67. The second kappa shape index (κ2) is 4.67. The summed E-state index contributed by atoms with van der Waals surface area (Å²) in [4.78, 5) is 24.8. The Morgan fingerprint density at radius 3 is 2.82 bits per heavy atom. The summed E-state index contributed by atoms with van der Waals surface area (Å²) in [6.07, 6.45) is 0.355. The molecule has 0 radical (unpaired) electrons. The fourth-order valence-electron chi connectivity index (χ4n) is 1.72. The van der Waals surface area contributed by atoms with Crippen LogP contribution >= 0.6 is 0 Å². The molecule has 6 nitrogen and oxygen atoms in total. The van der Waals surface area contributed by atoms with Gasteiger partial charge in [-0.3, -0.25) is 9.59 Å². The fourth-order valence-corrected chi connectivity index (χ4v) is 1.72. The number of hydrogen-bond acceptors (Lipinski definition) is 4. The summed E-state index contributed by atoms with van der Waals surface area (Å²) in [7, 11) is 0. The molecule has 0 unspecified atom stereocenters. The van der Waals surface area contributed by atoms with E-state index >= 15 is 0 Å². The minimum absolute atomic E-state index is 0.202. The van der Waals surface area contributed by atoms with Crippen LogP contribution in [0.15, 0.2) is 16.9 Å². The summed E-state index contributed by atoms with van der Waals surface area (Å²) < 4.78 is 1.30. The van der Waals surface area contributed by atoms with Gasteiger partial charge in [0.1, 0.15) is 5.69 Å². The van der Waals surface area contributed by atoms with E-state index in [4.69, 9.17) is 5.11 Å². The number of carbonyl (C=O) groups is 1. The molecule has 1 aliphatic heterocycles. The number of aliphatic hydroxyl groups is 1. The van der Waals surface area contributed by atoms with Gasteiger partial charge >= 0.3 is 0 Å². The molecule has 6 heteroatoms. The van der Waals surface area contributed by atoms with E-state index in [-0.39, 0.29) is 17.2 Å². The topological polar surface area (TPSA) is 75.4 Å². The maximum atomic E-state index is 11.9. The van der Waals surface area contributed by atoms with Crippen molar-refractivity contribution in [3.63, 3.8) is 0 Å². The number of rotatable bonds is 3. The van der Waals surface area contributed by atoms with Gasteiger partial charge in [-0.1, -0.05) is 6.92 Å². The lowest BCUT2D eigenvalue weighted by Gasteiger charge is -2.35. The number of aryl methyl sites for hydroxylation is 1. The Balaban J connectivity index is 2.18. The molecule has 0 saturated carbocycles. The van der Waals surface area contributed by atoms with Crippen LogP contribution in [0.1, 0.15) is 23.8 Å². The summed E-state index contributed by atoms with van der Waals surface area (Å²) in [5.74, 6) is -0.236. The first-order chi connectivity index (χ1) is 8.11. The molecule has 0 bridgehead atoms. The van der Waals surface area contributed by atoms with Crippen LogP contribution in [0.5, 0.6) is 0 Å². The van der Waals surface area contributed by atoms with E-state index in [2.05, 4.69) is 5.10 Å². The minimum Gasteiger partial charge on any atom is -0.389 e. The zero-order valence-corrected chi connectivity index (χ0v) is 9.67. The van der Waals surface area contributed by atoms with E-state index in [1.54, 1.807) is 0 Å². The molecule has 0 atom stereocenters. The first kappa shape index (κ1) is 11.8. The Labute approximate surface area is 98.5 Å². The van der Waals surface area contributed by atoms with Crippen molar-refractivity contribution in [1.82, 2.24) is 14.7 Å². The fraction of sp³-hybridized carbons (Fsp3) is 0.545. The highest BCUT2D eigenvalue weighted by molar-refractivity contribution is 5.92. The monoisotopic (exact) mass is 237 g/mol. The van der Waals surface area contributed by atoms with E-state index in [9.17, 15) is 9.59 Å². The highest BCUT2D eigenvalue weighted by Crippen LogP contribution is 2.10. The molecule has 0 spiro atoms.